The Hall–Kier alpha value is -2.82. The molecule has 11 nitrogen and oxygen atoms in total. The maximum absolute atomic E-state index is 12.4. The van der Waals surface area contributed by atoms with Gasteiger partial charge < -0.3 is 25.2 Å². The van der Waals surface area contributed by atoms with Crippen molar-refractivity contribution in [3.63, 3.8) is 0 Å². The van der Waals surface area contributed by atoms with Crippen LogP contribution in [0.5, 0.6) is 0 Å². The predicted molar refractivity (Wildman–Crippen MR) is 291 cm³/mol. The van der Waals surface area contributed by atoms with Gasteiger partial charge in [0.1, 0.15) is 12.7 Å². The molecule has 0 heterocycles. The number of phosphoric acid groups is 1. The molecule has 0 bridgehead atoms. The number of carbonyl (C=O) groups excluding carboxylic acids is 2. The molecule has 406 valence electrons. The van der Waals surface area contributed by atoms with Crippen molar-refractivity contribution in [1.82, 2.24) is 5.32 Å². The molecule has 0 aromatic carbocycles. The minimum Gasteiger partial charge on any atom is -0.480 e. The van der Waals surface area contributed by atoms with Gasteiger partial charge in [0.15, 0.2) is 6.04 Å². The summed E-state index contributed by atoms with van der Waals surface area (Å²) in [7, 11) is -4.77. The van der Waals surface area contributed by atoms with Gasteiger partial charge in [0.25, 0.3) is 0 Å². The smallest absolute Gasteiger partial charge is 0.472 e. The van der Waals surface area contributed by atoms with Gasteiger partial charge >= 0.3 is 19.8 Å². The van der Waals surface area contributed by atoms with Crippen LogP contribution in [0.15, 0.2) is 60.8 Å². The fourth-order valence-corrected chi connectivity index (χ4v) is 8.76. The van der Waals surface area contributed by atoms with Crippen LogP contribution in [0.1, 0.15) is 258 Å². The van der Waals surface area contributed by atoms with E-state index in [1.54, 1.807) is 0 Å². The summed E-state index contributed by atoms with van der Waals surface area (Å²) in [5, 5.41) is 22.0. The highest BCUT2D eigenvalue weighted by Gasteiger charge is 2.28. The van der Waals surface area contributed by atoms with Crippen LogP contribution in [-0.4, -0.2) is 64.9 Å². The zero-order valence-electron chi connectivity index (χ0n) is 44.6. The van der Waals surface area contributed by atoms with E-state index in [4.69, 9.17) is 13.8 Å². The molecule has 0 aliphatic carbocycles. The van der Waals surface area contributed by atoms with E-state index in [1.165, 1.54) is 122 Å². The van der Waals surface area contributed by atoms with Crippen molar-refractivity contribution in [1.29, 1.82) is 0 Å². The standard InChI is InChI=1S/C58H104NO10P/c1-3-5-7-9-11-13-15-17-19-21-23-25-27-29-31-33-35-37-39-41-43-45-47-49-56(61)59-55(58(63)64)53-69-70(65,66)68-52-54(60)51-67-57(62)50-48-46-44-42-40-38-36-34-32-30-28-26-24-22-20-18-16-14-12-10-8-6-4-2/h5,7,11,13,17,19,23,25,29,31,54-55,60H,3-4,6,8-10,12,14-16,18,20-22,24,26-28,30,32-53H2,1-2H3,(H,59,61)(H,63,64)(H,65,66)/b7-5-,13-11-,19-17-,25-23-,31-29-. The lowest BCUT2D eigenvalue weighted by Crippen LogP contribution is -2.43. The minimum atomic E-state index is -4.77. The van der Waals surface area contributed by atoms with Crippen LogP contribution in [0.25, 0.3) is 0 Å². The van der Waals surface area contributed by atoms with E-state index in [0.717, 1.165) is 96.3 Å². The van der Waals surface area contributed by atoms with Crippen molar-refractivity contribution in [2.75, 3.05) is 19.8 Å². The number of esters is 1. The first-order valence-corrected chi connectivity index (χ1v) is 29.8. The van der Waals surface area contributed by atoms with Gasteiger partial charge in [-0.3, -0.25) is 18.6 Å². The first-order chi connectivity index (χ1) is 34.1. The van der Waals surface area contributed by atoms with Gasteiger partial charge in [-0.25, -0.2) is 9.36 Å². The van der Waals surface area contributed by atoms with Gasteiger partial charge in [0.05, 0.1) is 13.2 Å². The summed E-state index contributed by atoms with van der Waals surface area (Å²) in [5.41, 5.74) is 0. The minimum absolute atomic E-state index is 0.131. The Morgan fingerprint density at radius 1 is 0.471 bits per heavy atom. The molecule has 0 aliphatic heterocycles. The molecule has 0 aromatic rings. The largest absolute Gasteiger partial charge is 0.480 e. The lowest BCUT2D eigenvalue weighted by Gasteiger charge is -2.18. The number of allylic oxidation sites excluding steroid dienone is 10. The summed E-state index contributed by atoms with van der Waals surface area (Å²) in [6, 6.07) is -1.56. The zero-order valence-corrected chi connectivity index (χ0v) is 45.5. The third-order valence-electron chi connectivity index (χ3n) is 12.3. The molecule has 0 rings (SSSR count). The Bertz CT molecular complexity index is 1410. The molecule has 0 saturated heterocycles. The summed E-state index contributed by atoms with van der Waals surface area (Å²) in [5.74, 6) is -2.38. The number of aliphatic hydroxyl groups excluding tert-OH is 1. The number of rotatable bonds is 53. The van der Waals surface area contributed by atoms with Crippen molar-refractivity contribution >= 4 is 25.7 Å². The molecular formula is C58H104NO10P. The first kappa shape index (κ1) is 67.2. The number of nitrogens with one attached hydrogen (secondary N) is 1. The van der Waals surface area contributed by atoms with Crippen molar-refractivity contribution in [2.24, 2.45) is 0 Å². The fraction of sp³-hybridized carbons (Fsp3) is 0.776. The summed E-state index contributed by atoms with van der Waals surface area (Å²) in [4.78, 5) is 46.3. The molecule has 0 aliphatic rings. The number of carbonyl (C=O) groups is 3. The number of aliphatic carboxylic acids is 1. The van der Waals surface area contributed by atoms with Gasteiger partial charge in [-0.1, -0.05) is 248 Å². The molecule has 4 N–H and O–H groups in total. The van der Waals surface area contributed by atoms with E-state index in [9.17, 15) is 34.1 Å². The second-order valence-corrected chi connectivity index (χ2v) is 20.6. The highest BCUT2D eigenvalue weighted by atomic mass is 31.2. The van der Waals surface area contributed by atoms with Crippen molar-refractivity contribution < 1.29 is 47.8 Å². The molecule has 70 heavy (non-hydrogen) atoms. The number of carboxylic acid groups (broad SMARTS) is 1. The summed E-state index contributed by atoms with van der Waals surface area (Å²) >= 11 is 0. The van der Waals surface area contributed by atoms with Crippen molar-refractivity contribution in [3.05, 3.63) is 60.8 Å². The molecule has 0 aromatic heterocycles. The number of unbranched alkanes of at least 4 members (excludes halogenated alkanes) is 29. The van der Waals surface area contributed by atoms with Crippen LogP contribution < -0.4 is 5.32 Å². The average Bonchev–Trinajstić information content (AvgIpc) is 3.34. The summed E-state index contributed by atoms with van der Waals surface area (Å²) in [6.45, 7) is 2.52. The Morgan fingerprint density at radius 3 is 1.24 bits per heavy atom. The number of hydrogen-bond acceptors (Lipinski definition) is 8. The van der Waals surface area contributed by atoms with Gasteiger partial charge in [-0.2, -0.15) is 0 Å². The van der Waals surface area contributed by atoms with Crippen LogP contribution in [0.4, 0.5) is 0 Å². The molecule has 12 heteroatoms. The third-order valence-corrected chi connectivity index (χ3v) is 13.3. The SMILES string of the molecule is CC/C=C\C/C=C\C/C=C\C/C=C\C/C=C\CCCCCCCCCC(=O)NC(COP(=O)(O)OCC(O)COC(=O)CCCCCCCCCCCCCCCCCCCCCCCCC)C(=O)O. The van der Waals surface area contributed by atoms with E-state index in [1.807, 2.05) is 0 Å². The molecule has 0 radical (unpaired) electrons. The lowest BCUT2D eigenvalue weighted by molar-refractivity contribution is -0.147. The second-order valence-electron chi connectivity index (χ2n) is 19.1. The second kappa shape index (κ2) is 52.5. The van der Waals surface area contributed by atoms with Crippen molar-refractivity contribution in [2.45, 2.75) is 270 Å². The van der Waals surface area contributed by atoms with Crippen LogP contribution in [0.2, 0.25) is 0 Å². The monoisotopic (exact) mass is 1010 g/mol. The zero-order chi connectivity index (χ0) is 51.3. The van der Waals surface area contributed by atoms with Crippen LogP contribution in [0, 0.1) is 0 Å². The average molecular weight is 1010 g/mol. The highest BCUT2D eigenvalue weighted by Crippen LogP contribution is 2.43. The number of hydrogen-bond donors (Lipinski definition) is 4. The Labute approximate surface area is 427 Å². The maximum atomic E-state index is 12.4. The van der Waals surface area contributed by atoms with Crippen molar-refractivity contribution in [3.8, 4) is 0 Å². The van der Waals surface area contributed by atoms with E-state index in [0.29, 0.717) is 12.8 Å². The van der Waals surface area contributed by atoms with Gasteiger partial charge in [0, 0.05) is 12.8 Å². The fourth-order valence-electron chi connectivity index (χ4n) is 7.99. The van der Waals surface area contributed by atoms with E-state index in [2.05, 4.69) is 79.9 Å². The molecule has 3 atom stereocenters. The maximum Gasteiger partial charge on any atom is 0.472 e. The lowest BCUT2D eigenvalue weighted by atomic mass is 10.0. The number of carboxylic acids is 1. The molecule has 0 spiro atoms. The Morgan fingerprint density at radius 2 is 0.829 bits per heavy atom. The highest BCUT2D eigenvalue weighted by molar-refractivity contribution is 7.47. The van der Waals surface area contributed by atoms with Gasteiger partial charge in [-0.15, -0.1) is 0 Å². The van der Waals surface area contributed by atoms with Crippen LogP contribution >= 0.6 is 7.82 Å². The Kier molecular flexibility index (Phi) is 50.4. The third kappa shape index (κ3) is 51.5. The number of phosphoric ester groups is 1. The number of amides is 1. The first-order valence-electron chi connectivity index (χ1n) is 28.3. The number of aliphatic hydroxyl groups is 1. The summed E-state index contributed by atoms with van der Waals surface area (Å²) < 4.78 is 27.0. The van der Waals surface area contributed by atoms with E-state index in [-0.39, 0.29) is 12.8 Å². The molecule has 1 amide bonds. The normalized spacial score (nSPS) is 13.9. The van der Waals surface area contributed by atoms with Gasteiger partial charge in [0.2, 0.25) is 5.91 Å². The summed E-state index contributed by atoms with van der Waals surface area (Å²) in [6.07, 6.45) is 63.9. The van der Waals surface area contributed by atoms with Crippen LogP contribution in [0.3, 0.4) is 0 Å². The molecule has 0 saturated carbocycles. The van der Waals surface area contributed by atoms with Gasteiger partial charge in [-0.05, 0) is 57.8 Å². The van der Waals surface area contributed by atoms with E-state index < -0.39 is 57.6 Å². The van der Waals surface area contributed by atoms with E-state index >= 15 is 0 Å². The number of ether oxygens (including phenoxy) is 1. The Balaban J connectivity index is 3.79. The topological polar surface area (TPSA) is 169 Å². The quantitative estimate of drug-likeness (QED) is 0.0199. The predicted octanol–water partition coefficient (Wildman–Crippen LogP) is 16.2. The molecular weight excluding hydrogens is 902 g/mol. The molecule has 0 fully saturated rings. The molecule has 3 unspecified atom stereocenters. The van der Waals surface area contributed by atoms with Crippen LogP contribution in [-0.2, 0) is 32.7 Å².